The van der Waals surface area contributed by atoms with E-state index in [1.54, 1.807) is 20.2 Å². The average molecular weight is 260 g/mol. The summed E-state index contributed by atoms with van der Waals surface area (Å²) in [5, 5.41) is 7.30. The number of methoxy groups -OCH3 is 1. The highest BCUT2D eigenvalue weighted by atomic mass is 16.5. The maximum Gasteiger partial charge on any atom is 0.267 e. The molecule has 0 fully saturated rings. The second-order valence-corrected chi connectivity index (χ2v) is 4.07. The van der Waals surface area contributed by atoms with E-state index in [0.29, 0.717) is 18.1 Å². The first-order valence-corrected chi connectivity index (χ1v) is 5.81. The van der Waals surface area contributed by atoms with Gasteiger partial charge in [-0.15, -0.1) is 0 Å². The minimum absolute atomic E-state index is 0.363. The van der Waals surface area contributed by atoms with E-state index in [0.717, 1.165) is 11.3 Å². The molecule has 2 aromatic rings. The summed E-state index contributed by atoms with van der Waals surface area (Å²) in [5.41, 5.74) is 6.61. The zero-order chi connectivity index (χ0) is 13.8. The Labute approximate surface area is 111 Å². The van der Waals surface area contributed by atoms with Crippen molar-refractivity contribution >= 4 is 11.7 Å². The minimum Gasteiger partial charge on any atom is -0.496 e. The number of aromatic nitrogens is 2. The number of nitrogens with two attached hydrogens (primary N) is 1. The number of aryl methyl sites for hydroxylation is 1. The van der Waals surface area contributed by atoms with Crippen molar-refractivity contribution in [3.63, 3.8) is 0 Å². The highest BCUT2D eigenvalue weighted by Crippen LogP contribution is 2.18. The number of rotatable bonds is 5. The van der Waals surface area contributed by atoms with E-state index in [1.807, 2.05) is 24.3 Å². The van der Waals surface area contributed by atoms with Crippen molar-refractivity contribution in [1.82, 2.24) is 9.78 Å². The monoisotopic (exact) mass is 260 g/mol. The van der Waals surface area contributed by atoms with Crippen LogP contribution in [0.1, 0.15) is 16.1 Å². The molecule has 1 amide bonds. The number of benzene rings is 1. The summed E-state index contributed by atoms with van der Waals surface area (Å²) in [5.74, 6) is 0.906. The topological polar surface area (TPSA) is 82.2 Å². The van der Waals surface area contributed by atoms with Gasteiger partial charge in [-0.1, -0.05) is 18.2 Å². The van der Waals surface area contributed by atoms with E-state index >= 15 is 0 Å². The summed E-state index contributed by atoms with van der Waals surface area (Å²) in [4.78, 5) is 11.1. The molecule has 0 aliphatic carbocycles. The molecule has 19 heavy (non-hydrogen) atoms. The van der Waals surface area contributed by atoms with Crippen molar-refractivity contribution in [3.05, 3.63) is 41.6 Å². The van der Waals surface area contributed by atoms with Crippen molar-refractivity contribution in [2.45, 2.75) is 6.54 Å². The number of hydrogen-bond donors (Lipinski definition) is 2. The van der Waals surface area contributed by atoms with Gasteiger partial charge in [-0.3, -0.25) is 9.48 Å². The van der Waals surface area contributed by atoms with Crippen LogP contribution in [0.3, 0.4) is 0 Å². The third-order valence-electron chi connectivity index (χ3n) is 2.78. The van der Waals surface area contributed by atoms with Crippen molar-refractivity contribution < 1.29 is 9.53 Å². The number of carbonyl (C=O) groups excluding carboxylic acids is 1. The van der Waals surface area contributed by atoms with Gasteiger partial charge < -0.3 is 15.8 Å². The van der Waals surface area contributed by atoms with Crippen molar-refractivity contribution in [2.75, 3.05) is 12.4 Å². The Balaban J connectivity index is 2.10. The molecule has 0 spiro atoms. The van der Waals surface area contributed by atoms with Crippen LogP contribution >= 0.6 is 0 Å². The molecular formula is C13H16N4O2. The lowest BCUT2D eigenvalue weighted by Gasteiger charge is -2.08. The Morgan fingerprint density at radius 3 is 2.84 bits per heavy atom. The third-order valence-corrected chi connectivity index (χ3v) is 2.78. The lowest BCUT2D eigenvalue weighted by Crippen LogP contribution is -2.15. The first-order valence-electron chi connectivity index (χ1n) is 5.81. The summed E-state index contributed by atoms with van der Waals surface area (Å²) in [7, 11) is 3.30. The number of para-hydroxylation sites is 1. The smallest absolute Gasteiger partial charge is 0.267 e. The molecule has 0 aliphatic heterocycles. The molecule has 0 saturated heterocycles. The molecular weight excluding hydrogens is 244 g/mol. The van der Waals surface area contributed by atoms with Gasteiger partial charge in [-0.2, -0.15) is 5.10 Å². The molecule has 100 valence electrons. The highest BCUT2D eigenvalue weighted by molar-refractivity contribution is 5.91. The first-order chi connectivity index (χ1) is 9.11. The van der Waals surface area contributed by atoms with Gasteiger partial charge in [0.2, 0.25) is 0 Å². The number of nitrogens with zero attached hydrogens (tertiary/aromatic N) is 2. The largest absolute Gasteiger partial charge is 0.496 e. The molecule has 1 aromatic carbocycles. The predicted molar refractivity (Wildman–Crippen MR) is 72.0 cm³/mol. The maximum atomic E-state index is 11.1. The summed E-state index contributed by atoms with van der Waals surface area (Å²) >= 11 is 0. The number of hydrogen-bond acceptors (Lipinski definition) is 4. The van der Waals surface area contributed by atoms with Gasteiger partial charge in [0.15, 0.2) is 0 Å². The van der Waals surface area contributed by atoms with E-state index in [9.17, 15) is 4.79 Å². The summed E-state index contributed by atoms with van der Waals surface area (Å²) in [6.45, 7) is 0.555. The molecule has 0 aliphatic rings. The van der Waals surface area contributed by atoms with Crippen LogP contribution in [0, 0.1) is 0 Å². The molecule has 2 rings (SSSR count). The van der Waals surface area contributed by atoms with Crippen LogP contribution in [0.2, 0.25) is 0 Å². The second kappa shape index (κ2) is 5.43. The second-order valence-electron chi connectivity index (χ2n) is 4.07. The fourth-order valence-corrected chi connectivity index (χ4v) is 1.82. The fourth-order valence-electron chi connectivity index (χ4n) is 1.82. The van der Waals surface area contributed by atoms with E-state index in [-0.39, 0.29) is 0 Å². The van der Waals surface area contributed by atoms with Crippen molar-refractivity contribution in [3.8, 4) is 5.75 Å². The van der Waals surface area contributed by atoms with Crippen LogP contribution in [-0.2, 0) is 13.6 Å². The SMILES string of the molecule is COc1ccccc1CNc1cc(C(N)=O)n(C)n1. The molecule has 3 N–H and O–H groups in total. The van der Waals surface area contributed by atoms with Gasteiger partial charge in [-0.25, -0.2) is 0 Å². The highest BCUT2D eigenvalue weighted by Gasteiger charge is 2.10. The van der Waals surface area contributed by atoms with Crippen LogP contribution in [0.4, 0.5) is 5.82 Å². The standard InChI is InChI=1S/C13H16N4O2/c1-17-10(13(14)18)7-12(16-17)15-8-9-5-3-4-6-11(9)19-2/h3-7H,8H2,1-2H3,(H2,14,18)(H,15,16). The van der Waals surface area contributed by atoms with Crippen LogP contribution in [0.25, 0.3) is 0 Å². The zero-order valence-electron chi connectivity index (χ0n) is 10.9. The predicted octanol–water partition coefficient (Wildman–Crippen LogP) is 1.14. The molecule has 0 saturated carbocycles. The number of nitrogens with one attached hydrogen (secondary N) is 1. The Hall–Kier alpha value is -2.50. The number of primary amides is 1. The number of carbonyl (C=O) groups is 1. The quantitative estimate of drug-likeness (QED) is 0.844. The molecule has 0 unspecified atom stereocenters. The fraction of sp³-hybridized carbons (Fsp3) is 0.231. The van der Waals surface area contributed by atoms with Crippen LogP contribution in [-0.4, -0.2) is 22.8 Å². The van der Waals surface area contributed by atoms with Crippen molar-refractivity contribution in [1.29, 1.82) is 0 Å². The zero-order valence-corrected chi connectivity index (χ0v) is 10.9. The van der Waals surface area contributed by atoms with Gasteiger partial charge in [0.05, 0.1) is 7.11 Å². The van der Waals surface area contributed by atoms with Gasteiger partial charge in [0, 0.05) is 25.2 Å². The van der Waals surface area contributed by atoms with E-state index < -0.39 is 5.91 Å². The van der Waals surface area contributed by atoms with E-state index in [4.69, 9.17) is 10.5 Å². The number of anilines is 1. The molecule has 6 heteroatoms. The van der Waals surface area contributed by atoms with Gasteiger partial charge >= 0.3 is 0 Å². The van der Waals surface area contributed by atoms with Gasteiger partial charge in [-0.05, 0) is 6.07 Å². The Bertz CT molecular complexity index is 592. The van der Waals surface area contributed by atoms with Crippen LogP contribution in [0.15, 0.2) is 30.3 Å². The molecule has 0 bridgehead atoms. The molecule has 0 atom stereocenters. The van der Waals surface area contributed by atoms with Crippen LogP contribution < -0.4 is 15.8 Å². The average Bonchev–Trinajstić information content (AvgIpc) is 2.78. The summed E-state index contributed by atoms with van der Waals surface area (Å²) in [6, 6.07) is 9.33. The summed E-state index contributed by atoms with van der Waals surface area (Å²) < 4.78 is 6.71. The third kappa shape index (κ3) is 2.85. The lowest BCUT2D eigenvalue weighted by molar-refractivity contribution is 0.0991. The Morgan fingerprint density at radius 2 is 2.21 bits per heavy atom. The van der Waals surface area contributed by atoms with Crippen LogP contribution in [0.5, 0.6) is 5.75 Å². The summed E-state index contributed by atoms with van der Waals surface area (Å²) in [6.07, 6.45) is 0. The van der Waals surface area contributed by atoms with Gasteiger partial charge in [0.25, 0.3) is 5.91 Å². The molecule has 0 radical (unpaired) electrons. The maximum absolute atomic E-state index is 11.1. The van der Waals surface area contributed by atoms with E-state index in [2.05, 4.69) is 10.4 Å². The number of ether oxygens (including phenoxy) is 1. The minimum atomic E-state index is -0.500. The molecule has 1 aromatic heterocycles. The lowest BCUT2D eigenvalue weighted by atomic mass is 10.2. The Morgan fingerprint density at radius 1 is 1.47 bits per heavy atom. The number of amides is 1. The van der Waals surface area contributed by atoms with Crippen molar-refractivity contribution in [2.24, 2.45) is 12.8 Å². The first kappa shape index (κ1) is 12.9. The molecule has 1 heterocycles. The normalized spacial score (nSPS) is 10.2. The molecule has 6 nitrogen and oxygen atoms in total. The Kier molecular flexibility index (Phi) is 3.70. The van der Waals surface area contributed by atoms with E-state index in [1.165, 1.54) is 4.68 Å². The van der Waals surface area contributed by atoms with Gasteiger partial charge in [0.1, 0.15) is 17.3 Å².